The summed E-state index contributed by atoms with van der Waals surface area (Å²) in [7, 11) is 0. The quantitative estimate of drug-likeness (QED) is 0.166. The molecule has 0 saturated carbocycles. The number of rotatable bonds is 4. The molecule has 1 aliphatic heterocycles. The minimum absolute atomic E-state index is 0.333. The first-order valence-corrected chi connectivity index (χ1v) is 13.5. The summed E-state index contributed by atoms with van der Waals surface area (Å²) in [5.74, 6) is -0.338. The average molecular weight is 553 g/mol. The van der Waals surface area contributed by atoms with E-state index in [0.29, 0.717) is 44.8 Å². The van der Waals surface area contributed by atoms with Gasteiger partial charge in [0.2, 0.25) is 5.13 Å². The summed E-state index contributed by atoms with van der Waals surface area (Å²) in [5.41, 5.74) is 3.87. The van der Waals surface area contributed by atoms with Crippen molar-refractivity contribution in [2.45, 2.75) is 12.5 Å². The predicted octanol–water partition coefficient (Wildman–Crippen LogP) is 7.61. The number of fused-ring (bicyclic) bond motifs is 2. The van der Waals surface area contributed by atoms with Crippen LogP contribution in [0.2, 0.25) is 5.15 Å². The number of thiazole rings is 1. The van der Waals surface area contributed by atoms with Gasteiger partial charge in [0.25, 0.3) is 0 Å². The number of anilines is 1. The molecule has 39 heavy (non-hydrogen) atoms. The van der Waals surface area contributed by atoms with Crippen LogP contribution in [0, 0.1) is 5.82 Å². The lowest BCUT2D eigenvalue weighted by molar-refractivity contribution is 0.563. The highest BCUT2D eigenvalue weighted by atomic mass is 35.5. The zero-order valence-electron chi connectivity index (χ0n) is 20.2. The van der Waals surface area contributed by atoms with Crippen molar-refractivity contribution >= 4 is 55.7 Å². The summed E-state index contributed by atoms with van der Waals surface area (Å²) in [6.45, 7) is 0. The van der Waals surface area contributed by atoms with Crippen LogP contribution in [0.1, 0.15) is 23.6 Å². The third-order valence-corrected chi connectivity index (χ3v) is 7.87. The van der Waals surface area contributed by atoms with E-state index in [1.165, 1.54) is 23.5 Å². The average Bonchev–Trinajstić information content (AvgIpc) is 3.60. The number of hydrazone groups is 1. The van der Waals surface area contributed by atoms with E-state index in [4.69, 9.17) is 26.1 Å². The van der Waals surface area contributed by atoms with Crippen molar-refractivity contribution in [1.82, 2.24) is 9.97 Å². The molecule has 0 aliphatic carbocycles. The molecule has 3 aromatic carbocycles. The molecule has 0 radical (unpaired) electrons. The number of hydrogen-bond acceptors (Lipinski definition) is 7. The number of pyridine rings is 1. The maximum atomic E-state index is 14.1. The SMILES string of the molecule is O=c1oc2ccccc2cc1-c1csc(N2N=C(c3cccc(F)c3)CC2c2cc3ccccc3nc2Cl)n1. The molecule has 6 nitrogen and oxygen atoms in total. The Labute approximate surface area is 230 Å². The summed E-state index contributed by atoms with van der Waals surface area (Å²) in [6, 6.07) is 24.9. The molecule has 9 heteroatoms. The highest BCUT2D eigenvalue weighted by Crippen LogP contribution is 2.41. The largest absolute Gasteiger partial charge is 0.422 e. The first kappa shape index (κ1) is 23.7. The molecule has 190 valence electrons. The van der Waals surface area contributed by atoms with Gasteiger partial charge in [0, 0.05) is 33.7 Å². The second kappa shape index (κ2) is 9.41. The fourth-order valence-corrected chi connectivity index (χ4v) is 5.94. The Morgan fingerprint density at radius 3 is 2.64 bits per heavy atom. The van der Waals surface area contributed by atoms with Crippen molar-refractivity contribution in [2.24, 2.45) is 5.10 Å². The zero-order chi connectivity index (χ0) is 26.5. The third-order valence-electron chi connectivity index (χ3n) is 6.74. The molecular formula is C30H18ClFN4O2S. The molecule has 0 fully saturated rings. The smallest absolute Gasteiger partial charge is 0.345 e. The Kier molecular flexibility index (Phi) is 5.72. The van der Waals surface area contributed by atoms with Gasteiger partial charge >= 0.3 is 5.63 Å². The van der Waals surface area contributed by atoms with E-state index in [-0.39, 0.29) is 11.9 Å². The molecule has 3 aromatic heterocycles. The lowest BCUT2D eigenvalue weighted by atomic mass is 9.98. The van der Waals surface area contributed by atoms with E-state index in [2.05, 4.69) is 4.98 Å². The molecule has 6 aromatic rings. The standard InChI is InChI=1S/C30H18ClFN4O2S/c31-28-22(13-18-6-1-3-10-23(18)33-28)26-15-24(17-8-5-9-20(32)12-17)35-36(26)30-34-25(16-39-30)21-14-19-7-2-4-11-27(19)38-29(21)37/h1-14,16,26H,15H2. The van der Waals surface area contributed by atoms with E-state index in [9.17, 15) is 9.18 Å². The predicted molar refractivity (Wildman–Crippen MR) is 153 cm³/mol. The van der Waals surface area contributed by atoms with Crippen molar-refractivity contribution in [2.75, 3.05) is 5.01 Å². The van der Waals surface area contributed by atoms with Crippen LogP contribution >= 0.6 is 22.9 Å². The number of para-hydroxylation sites is 2. The molecule has 4 heterocycles. The molecule has 0 saturated heterocycles. The number of aromatic nitrogens is 2. The van der Waals surface area contributed by atoms with Crippen molar-refractivity contribution in [1.29, 1.82) is 0 Å². The van der Waals surface area contributed by atoms with Crippen LogP contribution in [0.4, 0.5) is 9.52 Å². The summed E-state index contributed by atoms with van der Waals surface area (Å²) in [6.07, 6.45) is 0.468. The van der Waals surface area contributed by atoms with E-state index >= 15 is 0 Å². The van der Waals surface area contributed by atoms with Crippen LogP contribution < -0.4 is 10.6 Å². The van der Waals surface area contributed by atoms with Crippen molar-refractivity contribution in [3.8, 4) is 11.3 Å². The maximum absolute atomic E-state index is 14.1. The van der Waals surface area contributed by atoms with Gasteiger partial charge in [0.1, 0.15) is 16.6 Å². The summed E-state index contributed by atoms with van der Waals surface area (Å²) in [5, 5.41) is 11.2. The van der Waals surface area contributed by atoms with Crippen LogP contribution in [0.3, 0.4) is 0 Å². The van der Waals surface area contributed by atoms with Crippen molar-refractivity contribution in [3.63, 3.8) is 0 Å². The Morgan fingerprint density at radius 2 is 1.77 bits per heavy atom. The molecule has 7 rings (SSSR count). The number of nitrogens with zero attached hydrogens (tertiary/aromatic N) is 4. The number of benzene rings is 3. The third kappa shape index (κ3) is 4.27. The Morgan fingerprint density at radius 1 is 0.949 bits per heavy atom. The lowest BCUT2D eigenvalue weighted by Crippen LogP contribution is -2.19. The molecule has 1 unspecified atom stereocenters. The van der Waals surface area contributed by atoms with E-state index in [1.54, 1.807) is 23.2 Å². The fourth-order valence-electron chi connectivity index (χ4n) is 4.85. The van der Waals surface area contributed by atoms with Gasteiger partial charge in [-0.25, -0.2) is 24.2 Å². The molecule has 1 aliphatic rings. The molecule has 1 atom stereocenters. The fraction of sp³-hybridized carbons (Fsp3) is 0.0667. The van der Waals surface area contributed by atoms with E-state index < -0.39 is 5.63 Å². The van der Waals surface area contributed by atoms with Gasteiger partial charge in [0.15, 0.2) is 0 Å². The number of halogens is 2. The van der Waals surface area contributed by atoms with Gasteiger partial charge in [-0.2, -0.15) is 5.10 Å². The summed E-state index contributed by atoms with van der Waals surface area (Å²) >= 11 is 8.07. The monoisotopic (exact) mass is 552 g/mol. The summed E-state index contributed by atoms with van der Waals surface area (Å²) in [4.78, 5) is 22.2. The van der Waals surface area contributed by atoms with Crippen LogP contribution in [0.15, 0.2) is 105 Å². The highest BCUT2D eigenvalue weighted by molar-refractivity contribution is 7.14. The van der Waals surface area contributed by atoms with Crippen molar-refractivity contribution < 1.29 is 8.81 Å². The second-order valence-corrected chi connectivity index (χ2v) is 10.4. The van der Waals surface area contributed by atoms with Gasteiger partial charge in [-0.1, -0.05) is 60.1 Å². The van der Waals surface area contributed by atoms with Gasteiger partial charge in [-0.15, -0.1) is 11.3 Å². The van der Waals surface area contributed by atoms with Crippen LogP contribution in [-0.4, -0.2) is 15.7 Å². The maximum Gasteiger partial charge on any atom is 0.345 e. The normalized spacial score (nSPS) is 15.3. The molecule has 0 bridgehead atoms. The van der Waals surface area contributed by atoms with Gasteiger partial charge in [0.05, 0.1) is 28.5 Å². The topological polar surface area (TPSA) is 71.6 Å². The molecule has 0 amide bonds. The highest BCUT2D eigenvalue weighted by Gasteiger charge is 2.34. The molecule has 0 N–H and O–H groups in total. The minimum Gasteiger partial charge on any atom is -0.422 e. The van der Waals surface area contributed by atoms with Gasteiger partial charge in [-0.05, 0) is 36.4 Å². The second-order valence-electron chi connectivity index (χ2n) is 9.18. The van der Waals surface area contributed by atoms with Gasteiger partial charge in [-0.3, -0.25) is 0 Å². The first-order valence-electron chi connectivity index (χ1n) is 12.2. The van der Waals surface area contributed by atoms with E-state index in [0.717, 1.165) is 21.9 Å². The minimum atomic E-state index is -0.464. The Hall–Kier alpha value is -4.40. The Bertz CT molecular complexity index is 1990. The van der Waals surface area contributed by atoms with Crippen LogP contribution in [0.25, 0.3) is 33.1 Å². The van der Waals surface area contributed by atoms with Gasteiger partial charge < -0.3 is 4.42 Å². The van der Waals surface area contributed by atoms with Crippen LogP contribution in [-0.2, 0) is 0 Å². The van der Waals surface area contributed by atoms with E-state index in [1.807, 2.05) is 60.0 Å². The summed E-state index contributed by atoms with van der Waals surface area (Å²) < 4.78 is 19.6. The number of hydrogen-bond donors (Lipinski definition) is 0. The zero-order valence-corrected chi connectivity index (χ0v) is 21.8. The molecular weight excluding hydrogens is 535 g/mol. The first-order chi connectivity index (χ1) is 19.0. The Balaban J connectivity index is 1.34. The van der Waals surface area contributed by atoms with Crippen molar-refractivity contribution in [3.05, 3.63) is 123 Å². The lowest BCUT2D eigenvalue weighted by Gasteiger charge is -2.22. The van der Waals surface area contributed by atoms with Crippen LogP contribution in [0.5, 0.6) is 0 Å². The molecule has 0 spiro atoms.